The van der Waals surface area contributed by atoms with Crippen LogP contribution in [0.5, 0.6) is 0 Å². The minimum absolute atomic E-state index is 0.776. The molecule has 0 aliphatic carbocycles. The van der Waals surface area contributed by atoms with Crippen molar-refractivity contribution in [3.05, 3.63) is 24.5 Å². The number of nitrogens with zero attached hydrogens (tertiary/aromatic N) is 3. The van der Waals surface area contributed by atoms with Crippen LogP contribution in [-0.4, -0.2) is 14.5 Å². The Morgan fingerprint density at radius 2 is 2.38 bits per heavy atom. The topological polar surface area (TPSA) is 38.7 Å². The third-order valence-electron chi connectivity index (χ3n) is 1.84. The average molecular weight is 205 g/mol. The van der Waals surface area contributed by atoms with Gasteiger partial charge in [0.2, 0.25) is 0 Å². The summed E-state index contributed by atoms with van der Waals surface area (Å²) in [5.74, 6) is 0. The van der Waals surface area contributed by atoms with Crippen molar-refractivity contribution in [1.29, 1.82) is 0 Å². The van der Waals surface area contributed by atoms with Gasteiger partial charge in [-0.15, -0.1) is 11.3 Å². The SMILES string of the molecule is c1cnc2sc3cnpnc3c2c1. The molecule has 62 valence electrons. The van der Waals surface area contributed by atoms with Gasteiger partial charge in [0, 0.05) is 11.6 Å². The van der Waals surface area contributed by atoms with Crippen molar-refractivity contribution >= 4 is 40.3 Å². The van der Waals surface area contributed by atoms with E-state index in [4.69, 9.17) is 0 Å². The van der Waals surface area contributed by atoms with Crippen molar-refractivity contribution in [2.45, 2.75) is 0 Å². The molecule has 0 saturated carbocycles. The van der Waals surface area contributed by atoms with E-state index < -0.39 is 0 Å². The van der Waals surface area contributed by atoms with E-state index in [0.717, 1.165) is 28.9 Å². The zero-order chi connectivity index (χ0) is 8.67. The molecule has 0 bridgehead atoms. The first-order chi connectivity index (χ1) is 6.45. The summed E-state index contributed by atoms with van der Waals surface area (Å²) >= 11 is 1.64. The molecule has 0 aliphatic rings. The smallest absolute Gasteiger partial charge is 0.154 e. The molecule has 3 nitrogen and oxygen atoms in total. The maximum atomic E-state index is 4.33. The Morgan fingerprint density at radius 3 is 3.38 bits per heavy atom. The van der Waals surface area contributed by atoms with E-state index in [0.29, 0.717) is 0 Å². The number of rotatable bonds is 0. The summed E-state index contributed by atoms with van der Waals surface area (Å²) in [5.41, 5.74) is 1.05. The van der Waals surface area contributed by atoms with Gasteiger partial charge in [-0.1, -0.05) is 0 Å². The van der Waals surface area contributed by atoms with Gasteiger partial charge in [-0.25, -0.2) is 14.5 Å². The third kappa shape index (κ3) is 1.03. The molecule has 0 unspecified atom stereocenters. The predicted molar refractivity (Wildman–Crippen MR) is 55.2 cm³/mol. The third-order valence-corrected chi connectivity index (χ3v) is 3.38. The van der Waals surface area contributed by atoms with E-state index in [2.05, 4.69) is 20.5 Å². The Balaban J connectivity index is 2.64. The fourth-order valence-electron chi connectivity index (χ4n) is 1.28. The number of thiophene rings is 1. The molecular weight excluding hydrogens is 201 g/mol. The Morgan fingerprint density at radius 1 is 1.38 bits per heavy atom. The molecule has 0 aliphatic heterocycles. The van der Waals surface area contributed by atoms with Crippen LogP contribution in [0.15, 0.2) is 24.5 Å². The second kappa shape index (κ2) is 2.69. The highest BCUT2D eigenvalue weighted by molar-refractivity contribution is 7.26. The van der Waals surface area contributed by atoms with Crippen molar-refractivity contribution in [3.63, 3.8) is 0 Å². The zero-order valence-corrected chi connectivity index (χ0v) is 8.22. The van der Waals surface area contributed by atoms with Gasteiger partial charge in [0.05, 0.1) is 16.4 Å². The van der Waals surface area contributed by atoms with E-state index in [1.165, 1.54) is 0 Å². The van der Waals surface area contributed by atoms with Crippen LogP contribution in [0.3, 0.4) is 0 Å². The molecule has 0 saturated heterocycles. The summed E-state index contributed by atoms with van der Waals surface area (Å²) in [4.78, 5) is 5.32. The summed E-state index contributed by atoms with van der Waals surface area (Å²) < 4.78 is 9.52. The summed E-state index contributed by atoms with van der Waals surface area (Å²) in [6.45, 7) is 0. The van der Waals surface area contributed by atoms with E-state index in [1.54, 1.807) is 17.5 Å². The van der Waals surface area contributed by atoms with E-state index >= 15 is 0 Å². The fourth-order valence-corrected chi connectivity index (χ4v) is 2.90. The normalized spacial score (nSPS) is 11.7. The van der Waals surface area contributed by atoms with E-state index in [1.807, 2.05) is 12.3 Å². The lowest BCUT2D eigenvalue weighted by molar-refractivity contribution is 1.45. The molecule has 0 amide bonds. The molecular formula is C8H4N3PS. The fraction of sp³-hybridized carbons (Fsp3) is 0. The average Bonchev–Trinajstić information content (AvgIpc) is 2.56. The maximum absolute atomic E-state index is 4.33. The van der Waals surface area contributed by atoms with Crippen LogP contribution in [0.25, 0.3) is 20.4 Å². The number of hydrogen-bond donors (Lipinski definition) is 0. The summed E-state index contributed by atoms with van der Waals surface area (Å²) in [7, 11) is 0.776. The highest BCUT2D eigenvalue weighted by atomic mass is 32.1. The highest BCUT2D eigenvalue weighted by Crippen LogP contribution is 2.30. The van der Waals surface area contributed by atoms with Gasteiger partial charge in [-0.3, -0.25) is 0 Å². The first-order valence-corrected chi connectivity index (χ1v) is 5.38. The molecule has 3 aromatic rings. The summed E-state index contributed by atoms with van der Waals surface area (Å²) in [6.07, 6.45) is 3.68. The van der Waals surface area contributed by atoms with Crippen LogP contribution >= 0.6 is 19.8 Å². The molecule has 3 aromatic heterocycles. The summed E-state index contributed by atoms with van der Waals surface area (Å²) in [5, 5.41) is 1.14. The molecule has 0 aromatic carbocycles. The van der Waals surface area contributed by atoms with Gasteiger partial charge in [0.1, 0.15) is 4.83 Å². The van der Waals surface area contributed by atoms with Crippen LogP contribution in [0.2, 0.25) is 0 Å². The number of aromatic nitrogens is 3. The second-order valence-electron chi connectivity index (χ2n) is 2.61. The minimum atomic E-state index is 0.776. The lowest BCUT2D eigenvalue weighted by Crippen LogP contribution is -1.70. The molecule has 0 atom stereocenters. The van der Waals surface area contributed by atoms with Gasteiger partial charge in [-0.05, 0) is 12.1 Å². The zero-order valence-electron chi connectivity index (χ0n) is 6.51. The van der Waals surface area contributed by atoms with Crippen LogP contribution in [0.4, 0.5) is 0 Å². The van der Waals surface area contributed by atoms with Crippen molar-refractivity contribution in [2.75, 3.05) is 0 Å². The van der Waals surface area contributed by atoms with E-state index in [9.17, 15) is 0 Å². The number of fused-ring (bicyclic) bond motifs is 3. The molecule has 0 fully saturated rings. The van der Waals surface area contributed by atoms with Gasteiger partial charge >= 0.3 is 0 Å². The quantitative estimate of drug-likeness (QED) is 0.566. The first-order valence-electron chi connectivity index (χ1n) is 3.77. The Kier molecular flexibility index (Phi) is 1.51. The van der Waals surface area contributed by atoms with E-state index in [-0.39, 0.29) is 0 Å². The predicted octanol–water partition coefficient (Wildman–Crippen LogP) is 2.82. The number of hydrogen-bond acceptors (Lipinski definition) is 4. The lowest BCUT2D eigenvalue weighted by Gasteiger charge is -1.85. The molecule has 0 N–H and O–H groups in total. The highest BCUT2D eigenvalue weighted by Gasteiger charge is 2.05. The van der Waals surface area contributed by atoms with Crippen LogP contribution in [0.1, 0.15) is 0 Å². The van der Waals surface area contributed by atoms with Crippen molar-refractivity contribution in [2.24, 2.45) is 0 Å². The standard InChI is InChI=1S/C8H4N3PS/c1-2-5-7-6(4-10-12-11-7)13-8(5)9-3-1/h1-4H. The molecule has 3 rings (SSSR count). The molecule has 0 radical (unpaired) electrons. The maximum Gasteiger partial charge on any atom is 0.154 e. The monoisotopic (exact) mass is 205 g/mol. The van der Waals surface area contributed by atoms with Gasteiger partial charge in [0.15, 0.2) is 8.51 Å². The Bertz CT molecular complexity index is 527. The minimum Gasteiger partial charge on any atom is -0.245 e. The largest absolute Gasteiger partial charge is 0.245 e. The van der Waals surface area contributed by atoms with Gasteiger partial charge in [-0.2, -0.15) is 0 Å². The number of pyridine rings is 1. The first kappa shape index (κ1) is 7.30. The van der Waals surface area contributed by atoms with Crippen molar-refractivity contribution in [3.8, 4) is 0 Å². The molecule has 3 heterocycles. The second-order valence-corrected chi connectivity index (χ2v) is 4.25. The summed E-state index contributed by atoms with van der Waals surface area (Å²) in [6, 6.07) is 3.99. The van der Waals surface area contributed by atoms with Crippen molar-refractivity contribution < 1.29 is 0 Å². The van der Waals surface area contributed by atoms with Gasteiger partial charge in [0.25, 0.3) is 0 Å². The molecule has 0 spiro atoms. The lowest BCUT2D eigenvalue weighted by atomic mass is 10.3. The van der Waals surface area contributed by atoms with Crippen molar-refractivity contribution in [1.82, 2.24) is 14.5 Å². The molecule has 13 heavy (non-hydrogen) atoms. The Hall–Kier alpha value is -1.12. The van der Waals surface area contributed by atoms with Gasteiger partial charge < -0.3 is 0 Å². The van der Waals surface area contributed by atoms with Crippen LogP contribution in [0, 0.1) is 0 Å². The van der Waals surface area contributed by atoms with Crippen LogP contribution in [-0.2, 0) is 0 Å². The van der Waals surface area contributed by atoms with Crippen LogP contribution < -0.4 is 0 Å². The molecule has 5 heteroatoms. The Labute approximate surface area is 79.7 Å².